The fraction of sp³-hybridized carbons (Fsp3) is 0.588. The quantitative estimate of drug-likeness (QED) is 0.872. The molecule has 3 rings (SSSR count). The molecule has 2 aliphatic rings. The first-order valence-electron chi connectivity index (χ1n) is 8.15. The summed E-state index contributed by atoms with van der Waals surface area (Å²) in [6, 6.07) is 9.09. The van der Waals surface area contributed by atoms with Gasteiger partial charge in [0.25, 0.3) is 0 Å². The molecule has 5 heteroatoms. The molecule has 1 heterocycles. The molecule has 22 heavy (non-hydrogen) atoms. The number of ether oxygens (including phenoxy) is 1. The summed E-state index contributed by atoms with van der Waals surface area (Å²) in [5, 5.41) is 6.02. The molecule has 5 nitrogen and oxygen atoms in total. The first kappa shape index (κ1) is 15.3. The van der Waals surface area contributed by atoms with Gasteiger partial charge in [-0.15, -0.1) is 0 Å². The zero-order valence-corrected chi connectivity index (χ0v) is 13.2. The van der Waals surface area contributed by atoms with Crippen molar-refractivity contribution >= 4 is 6.03 Å². The maximum Gasteiger partial charge on any atom is 0.315 e. The predicted molar refractivity (Wildman–Crippen MR) is 85.9 cm³/mol. The van der Waals surface area contributed by atoms with Crippen molar-refractivity contribution in [2.75, 3.05) is 32.8 Å². The van der Waals surface area contributed by atoms with Gasteiger partial charge in [0.2, 0.25) is 0 Å². The second-order valence-electron chi connectivity index (χ2n) is 6.21. The van der Waals surface area contributed by atoms with E-state index < -0.39 is 0 Å². The molecule has 0 bridgehead atoms. The highest BCUT2D eigenvalue weighted by Crippen LogP contribution is 2.22. The van der Waals surface area contributed by atoms with E-state index in [-0.39, 0.29) is 12.1 Å². The highest BCUT2D eigenvalue weighted by Gasteiger charge is 2.26. The smallest absolute Gasteiger partial charge is 0.315 e. The van der Waals surface area contributed by atoms with Crippen LogP contribution < -0.4 is 10.6 Å². The van der Waals surface area contributed by atoms with Gasteiger partial charge in [0.05, 0.1) is 19.3 Å². The summed E-state index contributed by atoms with van der Waals surface area (Å²) in [7, 11) is 0. The number of carbonyl (C=O) groups excluding carboxylic acids is 1. The van der Waals surface area contributed by atoms with E-state index in [1.165, 1.54) is 11.1 Å². The Kier molecular flexibility index (Phi) is 4.95. The molecule has 1 aliphatic carbocycles. The van der Waals surface area contributed by atoms with Crippen LogP contribution in [0.25, 0.3) is 0 Å². The monoisotopic (exact) mass is 303 g/mol. The number of rotatable bonds is 5. The van der Waals surface area contributed by atoms with E-state index in [2.05, 4.69) is 46.7 Å². The highest BCUT2D eigenvalue weighted by atomic mass is 16.5. The van der Waals surface area contributed by atoms with Crippen LogP contribution in [0.5, 0.6) is 0 Å². The van der Waals surface area contributed by atoms with E-state index in [4.69, 9.17) is 4.74 Å². The lowest BCUT2D eigenvalue weighted by Crippen LogP contribution is -2.46. The summed E-state index contributed by atoms with van der Waals surface area (Å²) in [5.74, 6) is 0. The SMILES string of the molecule is Cc1cccc([C@H](CNC(=O)NC2CC2)N2CCOCC2)c1. The summed E-state index contributed by atoms with van der Waals surface area (Å²) in [6.07, 6.45) is 2.22. The number of nitrogens with zero attached hydrogens (tertiary/aromatic N) is 1. The number of morpholine rings is 1. The van der Waals surface area contributed by atoms with Gasteiger partial charge in [-0.2, -0.15) is 0 Å². The van der Waals surface area contributed by atoms with E-state index in [1.807, 2.05) is 0 Å². The molecule has 0 unspecified atom stereocenters. The number of benzene rings is 1. The van der Waals surface area contributed by atoms with Crippen LogP contribution >= 0.6 is 0 Å². The van der Waals surface area contributed by atoms with Crippen LogP contribution in [0.2, 0.25) is 0 Å². The highest BCUT2D eigenvalue weighted by molar-refractivity contribution is 5.74. The molecular formula is C17H25N3O2. The normalized spacial score (nSPS) is 20.4. The number of aryl methyl sites for hydroxylation is 1. The van der Waals surface area contributed by atoms with E-state index in [9.17, 15) is 4.79 Å². The Morgan fingerprint density at radius 2 is 2.14 bits per heavy atom. The molecule has 120 valence electrons. The largest absolute Gasteiger partial charge is 0.379 e. The number of carbonyl (C=O) groups is 1. The summed E-state index contributed by atoms with van der Waals surface area (Å²) < 4.78 is 5.45. The average molecular weight is 303 g/mol. The lowest BCUT2D eigenvalue weighted by molar-refractivity contribution is 0.0167. The van der Waals surface area contributed by atoms with Gasteiger partial charge >= 0.3 is 6.03 Å². The van der Waals surface area contributed by atoms with Crippen LogP contribution in [0.15, 0.2) is 24.3 Å². The van der Waals surface area contributed by atoms with Crippen molar-refractivity contribution in [2.24, 2.45) is 0 Å². The van der Waals surface area contributed by atoms with E-state index in [0.717, 1.165) is 39.1 Å². The number of hydrogen-bond acceptors (Lipinski definition) is 3. The standard InChI is InChI=1S/C17H25N3O2/c1-13-3-2-4-14(11-13)16(20-7-9-22-10-8-20)12-18-17(21)19-15-5-6-15/h2-4,11,15-16H,5-10,12H2,1H3,(H2,18,19,21)/t16-/m0/s1. The van der Waals surface area contributed by atoms with Crippen molar-refractivity contribution in [3.05, 3.63) is 35.4 Å². The maximum atomic E-state index is 11.9. The second kappa shape index (κ2) is 7.11. The fourth-order valence-electron chi connectivity index (χ4n) is 2.88. The van der Waals surface area contributed by atoms with Crippen LogP contribution in [0.3, 0.4) is 0 Å². The van der Waals surface area contributed by atoms with Crippen molar-refractivity contribution < 1.29 is 9.53 Å². The lowest BCUT2D eigenvalue weighted by atomic mass is 10.0. The number of urea groups is 1. The van der Waals surface area contributed by atoms with Crippen LogP contribution in [0, 0.1) is 6.92 Å². The first-order valence-corrected chi connectivity index (χ1v) is 8.15. The molecule has 1 aromatic rings. The van der Waals surface area contributed by atoms with Crippen LogP contribution in [-0.4, -0.2) is 49.8 Å². The van der Waals surface area contributed by atoms with E-state index in [0.29, 0.717) is 12.6 Å². The molecule has 1 saturated heterocycles. The molecule has 1 saturated carbocycles. The van der Waals surface area contributed by atoms with Crippen molar-refractivity contribution in [3.8, 4) is 0 Å². The lowest BCUT2D eigenvalue weighted by Gasteiger charge is -2.35. The number of nitrogens with one attached hydrogen (secondary N) is 2. The van der Waals surface area contributed by atoms with Crippen molar-refractivity contribution in [2.45, 2.75) is 31.8 Å². The fourth-order valence-corrected chi connectivity index (χ4v) is 2.88. The van der Waals surface area contributed by atoms with Gasteiger partial charge in [-0.05, 0) is 25.3 Å². The molecule has 0 spiro atoms. The first-order chi connectivity index (χ1) is 10.7. The molecule has 1 atom stereocenters. The molecule has 1 aliphatic heterocycles. The summed E-state index contributed by atoms with van der Waals surface area (Å²) >= 11 is 0. The second-order valence-corrected chi connectivity index (χ2v) is 6.21. The van der Waals surface area contributed by atoms with Crippen molar-refractivity contribution in [3.63, 3.8) is 0 Å². The van der Waals surface area contributed by atoms with Gasteiger partial charge in [-0.1, -0.05) is 29.8 Å². The van der Waals surface area contributed by atoms with Gasteiger partial charge in [0.1, 0.15) is 0 Å². The number of amides is 2. The summed E-state index contributed by atoms with van der Waals surface area (Å²) in [4.78, 5) is 14.3. The third kappa shape index (κ3) is 4.21. The topological polar surface area (TPSA) is 53.6 Å². The van der Waals surface area contributed by atoms with Gasteiger partial charge in [0.15, 0.2) is 0 Å². The Hall–Kier alpha value is -1.59. The minimum atomic E-state index is -0.0478. The number of hydrogen-bond donors (Lipinski definition) is 2. The molecule has 2 fully saturated rings. The Bertz CT molecular complexity index is 510. The van der Waals surface area contributed by atoms with Gasteiger partial charge in [-0.3, -0.25) is 4.90 Å². The average Bonchev–Trinajstić information content (AvgIpc) is 3.32. The molecular weight excluding hydrogens is 278 g/mol. The Morgan fingerprint density at radius 3 is 2.82 bits per heavy atom. The Morgan fingerprint density at radius 1 is 1.36 bits per heavy atom. The minimum absolute atomic E-state index is 0.0478. The maximum absolute atomic E-state index is 11.9. The third-order valence-electron chi connectivity index (χ3n) is 4.28. The van der Waals surface area contributed by atoms with E-state index >= 15 is 0 Å². The zero-order chi connectivity index (χ0) is 15.4. The third-order valence-corrected chi connectivity index (χ3v) is 4.28. The molecule has 1 aromatic carbocycles. The van der Waals surface area contributed by atoms with Crippen molar-refractivity contribution in [1.82, 2.24) is 15.5 Å². The summed E-state index contributed by atoms with van der Waals surface area (Å²) in [6.45, 7) is 6.07. The molecule has 0 aromatic heterocycles. The van der Waals surface area contributed by atoms with Crippen LogP contribution in [0.1, 0.15) is 30.0 Å². The van der Waals surface area contributed by atoms with Crippen LogP contribution in [0.4, 0.5) is 4.79 Å². The van der Waals surface area contributed by atoms with Crippen molar-refractivity contribution in [1.29, 1.82) is 0 Å². The van der Waals surface area contributed by atoms with Gasteiger partial charge in [0, 0.05) is 25.7 Å². The zero-order valence-electron chi connectivity index (χ0n) is 13.2. The Balaban J connectivity index is 1.66. The predicted octanol–water partition coefficient (Wildman–Crippen LogP) is 1.83. The van der Waals surface area contributed by atoms with Gasteiger partial charge < -0.3 is 15.4 Å². The van der Waals surface area contributed by atoms with Crippen LogP contribution in [-0.2, 0) is 4.74 Å². The molecule has 0 radical (unpaired) electrons. The molecule has 2 amide bonds. The summed E-state index contributed by atoms with van der Waals surface area (Å²) in [5.41, 5.74) is 2.51. The molecule has 2 N–H and O–H groups in total. The van der Waals surface area contributed by atoms with Gasteiger partial charge in [-0.25, -0.2) is 4.79 Å². The minimum Gasteiger partial charge on any atom is -0.379 e. The van der Waals surface area contributed by atoms with E-state index in [1.54, 1.807) is 0 Å². The Labute approximate surface area is 132 Å².